The van der Waals surface area contributed by atoms with Crippen molar-refractivity contribution in [2.45, 2.75) is 39.0 Å². The second-order valence-electron chi connectivity index (χ2n) is 4.96. The Labute approximate surface area is 110 Å². The summed E-state index contributed by atoms with van der Waals surface area (Å²) >= 11 is 0. The highest BCUT2D eigenvalue weighted by Crippen LogP contribution is 2.18. The summed E-state index contributed by atoms with van der Waals surface area (Å²) < 4.78 is 5.93. The van der Waals surface area contributed by atoms with Crippen molar-refractivity contribution in [2.75, 3.05) is 13.1 Å². The number of unbranched alkanes of at least 4 members (excludes halogenated alkanes) is 1. The Balaban J connectivity index is 1.96. The van der Waals surface area contributed by atoms with Gasteiger partial charge < -0.3 is 4.74 Å². The van der Waals surface area contributed by atoms with Gasteiger partial charge in [0.25, 0.3) is 0 Å². The Morgan fingerprint density at radius 3 is 2.83 bits per heavy atom. The first-order valence-electron chi connectivity index (χ1n) is 6.92. The van der Waals surface area contributed by atoms with Gasteiger partial charge in [-0.15, -0.1) is 0 Å². The second kappa shape index (κ2) is 6.72. The molecule has 0 N–H and O–H groups in total. The van der Waals surface area contributed by atoms with Gasteiger partial charge in [0.05, 0.1) is 6.10 Å². The van der Waals surface area contributed by atoms with E-state index >= 15 is 0 Å². The van der Waals surface area contributed by atoms with E-state index in [1.807, 2.05) is 6.07 Å². The minimum absolute atomic E-state index is 0.145. The van der Waals surface area contributed by atoms with Gasteiger partial charge in [-0.05, 0) is 25.0 Å². The number of benzene rings is 1. The quantitative estimate of drug-likeness (QED) is 0.786. The molecule has 1 aromatic rings. The highest BCUT2D eigenvalue weighted by Gasteiger charge is 2.27. The van der Waals surface area contributed by atoms with Crippen molar-refractivity contribution < 1.29 is 4.74 Å². The molecule has 2 heteroatoms. The summed E-state index contributed by atoms with van der Waals surface area (Å²) in [6.07, 6.45) is 7.29. The van der Waals surface area contributed by atoms with Gasteiger partial charge in [-0.25, -0.2) is 0 Å². The molecule has 0 spiro atoms. The minimum atomic E-state index is 0.145. The summed E-state index contributed by atoms with van der Waals surface area (Å²) in [4.78, 5) is 2.42. The fourth-order valence-electron chi connectivity index (χ4n) is 2.31. The molecule has 1 saturated heterocycles. The van der Waals surface area contributed by atoms with Crippen molar-refractivity contribution in [1.82, 2.24) is 4.90 Å². The molecule has 98 valence electrons. The fourth-order valence-corrected chi connectivity index (χ4v) is 2.31. The van der Waals surface area contributed by atoms with Crippen LogP contribution in [0.25, 0.3) is 6.08 Å². The number of hydrogen-bond acceptors (Lipinski definition) is 2. The molecule has 2 unspecified atom stereocenters. The zero-order valence-electron chi connectivity index (χ0n) is 11.4. The molecule has 0 radical (unpaired) electrons. The lowest BCUT2D eigenvalue weighted by molar-refractivity contribution is 0.0414. The second-order valence-corrected chi connectivity index (χ2v) is 4.96. The Morgan fingerprint density at radius 1 is 1.33 bits per heavy atom. The molecule has 2 atom stereocenters. The van der Waals surface area contributed by atoms with Crippen molar-refractivity contribution in [2.24, 2.45) is 0 Å². The summed E-state index contributed by atoms with van der Waals surface area (Å²) in [5.74, 6) is 0. The van der Waals surface area contributed by atoms with Gasteiger partial charge in [-0.2, -0.15) is 0 Å². The van der Waals surface area contributed by atoms with Gasteiger partial charge in [0.15, 0.2) is 0 Å². The van der Waals surface area contributed by atoms with E-state index in [1.165, 1.54) is 18.4 Å². The lowest BCUT2D eigenvalue weighted by Crippen LogP contribution is -2.29. The van der Waals surface area contributed by atoms with E-state index in [9.17, 15) is 0 Å². The van der Waals surface area contributed by atoms with Gasteiger partial charge in [-0.1, -0.05) is 49.8 Å². The number of nitrogens with zero attached hydrogens (tertiary/aromatic N) is 1. The summed E-state index contributed by atoms with van der Waals surface area (Å²) in [5, 5.41) is 0. The molecule has 1 fully saturated rings. The van der Waals surface area contributed by atoms with Crippen LogP contribution in [0.4, 0.5) is 0 Å². The first-order valence-corrected chi connectivity index (χ1v) is 6.92. The van der Waals surface area contributed by atoms with Crippen LogP contribution in [0.15, 0.2) is 36.4 Å². The van der Waals surface area contributed by atoms with E-state index in [1.54, 1.807) is 0 Å². The molecule has 0 aliphatic carbocycles. The fraction of sp³-hybridized carbons (Fsp3) is 0.500. The maximum Gasteiger partial charge on any atom is 0.130 e. The van der Waals surface area contributed by atoms with Crippen LogP contribution in [0.1, 0.15) is 32.3 Å². The minimum Gasteiger partial charge on any atom is -0.355 e. The van der Waals surface area contributed by atoms with Crippen LogP contribution >= 0.6 is 0 Å². The lowest BCUT2D eigenvalue weighted by Gasteiger charge is -2.19. The van der Waals surface area contributed by atoms with Crippen LogP contribution < -0.4 is 0 Å². The molecule has 2 nitrogen and oxygen atoms in total. The van der Waals surface area contributed by atoms with Crippen LogP contribution in [-0.4, -0.2) is 30.3 Å². The molecule has 1 heterocycles. The topological polar surface area (TPSA) is 12.5 Å². The Hall–Kier alpha value is -1.12. The maximum absolute atomic E-state index is 5.93. The zero-order chi connectivity index (χ0) is 12.8. The van der Waals surface area contributed by atoms with E-state index in [4.69, 9.17) is 4.74 Å². The summed E-state index contributed by atoms with van der Waals surface area (Å²) in [6, 6.07) is 10.4. The molecule has 1 aromatic carbocycles. The lowest BCUT2D eigenvalue weighted by atomic mass is 10.2. The highest BCUT2D eigenvalue weighted by molar-refractivity contribution is 5.49. The average Bonchev–Trinajstić information content (AvgIpc) is 2.75. The average molecular weight is 245 g/mol. The van der Waals surface area contributed by atoms with E-state index < -0.39 is 0 Å². The van der Waals surface area contributed by atoms with Crippen molar-refractivity contribution in [3.8, 4) is 0 Å². The third-order valence-corrected chi connectivity index (χ3v) is 3.28. The Morgan fingerprint density at radius 2 is 2.11 bits per heavy atom. The van der Waals surface area contributed by atoms with Crippen LogP contribution in [0.5, 0.6) is 0 Å². The van der Waals surface area contributed by atoms with Crippen molar-refractivity contribution >= 4 is 6.08 Å². The van der Waals surface area contributed by atoms with Gasteiger partial charge >= 0.3 is 0 Å². The van der Waals surface area contributed by atoms with Crippen molar-refractivity contribution in [3.63, 3.8) is 0 Å². The number of ether oxygens (including phenoxy) is 1. The van der Waals surface area contributed by atoms with Gasteiger partial charge in [0.1, 0.15) is 6.23 Å². The molecule has 18 heavy (non-hydrogen) atoms. The Kier molecular flexibility index (Phi) is 4.97. The molecule has 0 amide bonds. The van der Waals surface area contributed by atoms with E-state index in [2.05, 4.69) is 55.2 Å². The maximum atomic E-state index is 5.93. The number of hydrogen-bond donors (Lipinski definition) is 0. The molecule has 2 rings (SSSR count). The normalized spacial score (nSPS) is 25.0. The van der Waals surface area contributed by atoms with Gasteiger partial charge in [-0.3, -0.25) is 4.90 Å². The SMILES string of the molecule is CCCCN1CC(C)OC1/C=C/c1ccccc1. The predicted octanol–water partition coefficient (Wildman–Crippen LogP) is 3.55. The van der Waals surface area contributed by atoms with Crippen molar-refractivity contribution in [1.29, 1.82) is 0 Å². The van der Waals surface area contributed by atoms with E-state index in [0.717, 1.165) is 13.1 Å². The molecule has 1 aliphatic heterocycles. The van der Waals surface area contributed by atoms with Gasteiger partial charge in [0, 0.05) is 13.1 Å². The summed E-state index contributed by atoms with van der Waals surface area (Å²) in [6.45, 7) is 6.55. The third-order valence-electron chi connectivity index (χ3n) is 3.28. The van der Waals surface area contributed by atoms with Gasteiger partial charge in [0.2, 0.25) is 0 Å². The monoisotopic (exact) mass is 245 g/mol. The molecular weight excluding hydrogens is 222 g/mol. The molecule has 0 aromatic heterocycles. The van der Waals surface area contributed by atoms with Crippen LogP contribution in [0, 0.1) is 0 Å². The van der Waals surface area contributed by atoms with Crippen LogP contribution in [0.2, 0.25) is 0 Å². The molecular formula is C16H23NO. The first-order chi connectivity index (χ1) is 8.79. The molecule has 0 bridgehead atoms. The van der Waals surface area contributed by atoms with E-state index in [0.29, 0.717) is 6.10 Å². The molecule has 1 aliphatic rings. The highest BCUT2D eigenvalue weighted by atomic mass is 16.5. The van der Waals surface area contributed by atoms with E-state index in [-0.39, 0.29) is 6.23 Å². The Bertz CT molecular complexity index is 374. The third kappa shape index (κ3) is 3.69. The predicted molar refractivity (Wildman–Crippen MR) is 76.3 cm³/mol. The van der Waals surface area contributed by atoms with Crippen molar-refractivity contribution in [3.05, 3.63) is 42.0 Å². The number of rotatable bonds is 5. The smallest absolute Gasteiger partial charge is 0.130 e. The molecule has 0 saturated carbocycles. The van der Waals surface area contributed by atoms with Crippen LogP contribution in [-0.2, 0) is 4.74 Å². The zero-order valence-corrected chi connectivity index (χ0v) is 11.4. The summed E-state index contributed by atoms with van der Waals surface area (Å²) in [7, 11) is 0. The largest absolute Gasteiger partial charge is 0.355 e. The first kappa shape index (κ1) is 13.3. The summed E-state index contributed by atoms with van der Waals surface area (Å²) in [5.41, 5.74) is 1.23. The van der Waals surface area contributed by atoms with Crippen LogP contribution in [0.3, 0.4) is 0 Å². The standard InChI is InChI=1S/C16H23NO/c1-3-4-12-17-13-14(2)18-16(17)11-10-15-8-6-5-7-9-15/h5-11,14,16H,3-4,12-13H2,1-2H3/b11-10+.